The van der Waals surface area contributed by atoms with Crippen LogP contribution in [0, 0.1) is 20.2 Å². The molecule has 0 aromatic heterocycles. The number of nitrogens with zero attached hydrogens (tertiary/aromatic N) is 2. The monoisotopic (exact) mass is 188 g/mol. The highest BCUT2D eigenvalue weighted by Crippen LogP contribution is 2.02. The van der Waals surface area contributed by atoms with Crippen molar-refractivity contribution < 1.29 is 14.6 Å². The summed E-state index contributed by atoms with van der Waals surface area (Å²) in [5.74, 6) is 0. The Morgan fingerprint density at radius 2 is 1.38 bits per heavy atom. The van der Waals surface area contributed by atoms with Crippen molar-refractivity contribution in [2.45, 2.75) is 12.5 Å². The highest BCUT2D eigenvalue weighted by molar-refractivity contribution is 4.76. The first-order chi connectivity index (χ1) is 6.02. The fourth-order valence-electron chi connectivity index (χ4n) is 0.525. The van der Waals surface area contributed by atoms with E-state index in [2.05, 4.69) is 17.9 Å². The largest absolute Gasteiger partial charge is 0.340 e. The Balaban J connectivity index is 4.36. The van der Waals surface area contributed by atoms with Gasteiger partial charge in [0.05, 0.1) is 9.85 Å². The van der Waals surface area contributed by atoms with Crippen molar-refractivity contribution in [1.29, 1.82) is 0 Å². The van der Waals surface area contributed by atoms with E-state index < -0.39 is 22.3 Å². The van der Waals surface area contributed by atoms with Crippen LogP contribution in [0.15, 0.2) is 25.3 Å². The lowest BCUT2D eigenvalue weighted by Crippen LogP contribution is -2.30. The zero-order valence-electron chi connectivity index (χ0n) is 6.66. The molecule has 7 nitrogen and oxygen atoms in total. The van der Waals surface area contributed by atoms with Crippen LogP contribution in [0.4, 0.5) is 0 Å². The van der Waals surface area contributed by atoms with Crippen LogP contribution in [0.5, 0.6) is 0 Å². The average molecular weight is 188 g/mol. The Morgan fingerprint density at radius 1 is 1.08 bits per heavy atom. The molecule has 13 heavy (non-hydrogen) atoms. The summed E-state index contributed by atoms with van der Waals surface area (Å²) in [6, 6.07) is 0. The van der Waals surface area contributed by atoms with Gasteiger partial charge < -0.3 is 0 Å². The molecule has 0 aliphatic carbocycles. The van der Waals surface area contributed by atoms with Crippen molar-refractivity contribution in [1.82, 2.24) is 0 Å². The van der Waals surface area contributed by atoms with E-state index in [1.54, 1.807) is 0 Å². The molecular weight excluding hydrogens is 180 g/mol. The van der Waals surface area contributed by atoms with Crippen molar-refractivity contribution in [3.05, 3.63) is 45.5 Å². The van der Waals surface area contributed by atoms with E-state index in [1.165, 1.54) is 0 Å². The van der Waals surface area contributed by atoms with Crippen LogP contribution in [-0.4, -0.2) is 22.3 Å². The lowest BCUT2D eigenvalue weighted by Gasteiger charge is -2.07. The predicted molar refractivity (Wildman–Crippen MR) is 43.0 cm³/mol. The van der Waals surface area contributed by atoms with Gasteiger partial charge in [0.2, 0.25) is 0 Å². The molecule has 0 aliphatic heterocycles. The molecule has 0 fully saturated rings. The van der Waals surface area contributed by atoms with Crippen LogP contribution in [-0.2, 0) is 4.74 Å². The van der Waals surface area contributed by atoms with Crippen LogP contribution in [0.3, 0.4) is 0 Å². The number of nitro groups is 2. The van der Waals surface area contributed by atoms with E-state index in [4.69, 9.17) is 0 Å². The van der Waals surface area contributed by atoms with Crippen molar-refractivity contribution in [2.75, 3.05) is 0 Å². The summed E-state index contributed by atoms with van der Waals surface area (Å²) in [7, 11) is 0. The molecule has 0 saturated carbocycles. The number of hydrogen-bond acceptors (Lipinski definition) is 5. The maximum Gasteiger partial charge on any atom is 0.340 e. The maximum absolute atomic E-state index is 10.2. The number of ether oxygens (including phenoxy) is 1. The fraction of sp³-hybridized carbons (Fsp3) is 0.333. The van der Waals surface area contributed by atoms with Gasteiger partial charge in [0.25, 0.3) is 0 Å². The highest BCUT2D eigenvalue weighted by atomic mass is 16.7. The van der Waals surface area contributed by atoms with E-state index in [0.29, 0.717) is 0 Å². The van der Waals surface area contributed by atoms with E-state index in [9.17, 15) is 20.2 Å². The summed E-state index contributed by atoms with van der Waals surface area (Å²) in [4.78, 5) is 18.7. The van der Waals surface area contributed by atoms with E-state index >= 15 is 0 Å². The quantitative estimate of drug-likeness (QED) is 0.263. The molecule has 0 aromatic rings. The zero-order valence-corrected chi connectivity index (χ0v) is 6.66. The maximum atomic E-state index is 10.2. The van der Waals surface area contributed by atoms with Gasteiger partial charge in [0.15, 0.2) is 0 Å². The summed E-state index contributed by atoms with van der Waals surface area (Å²) < 4.78 is 4.44. The highest BCUT2D eigenvalue weighted by Gasteiger charge is 2.26. The van der Waals surface area contributed by atoms with Gasteiger partial charge in [-0.15, -0.1) is 0 Å². The minimum atomic E-state index is -1.59. The van der Waals surface area contributed by atoms with Gasteiger partial charge >= 0.3 is 12.5 Å². The second-order valence-electron chi connectivity index (χ2n) is 1.96. The molecule has 0 spiro atoms. The lowest BCUT2D eigenvalue weighted by atomic mass is 10.5. The van der Waals surface area contributed by atoms with E-state index in [1.807, 2.05) is 0 Å². The second kappa shape index (κ2) is 4.99. The average Bonchev–Trinajstić information content (AvgIpc) is 2.05. The van der Waals surface area contributed by atoms with Crippen LogP contribution < -0.4 is 0 Å². The predicted octanol–water partition coefficient (Wildman–Crippen LogP) is 0.581. The minimum Gasteiger partial charge on any atom is -0.262 e. The van der Waals surface area contributed by atoms with E-state index in [-0.39, 0.29) is 0 Å². The first-order valence-electron chi connectivity index (χ1n) is 3.20. The van der Waals surface area contributed by atoms with Gasteiger partial charge in [0, 0.05) is 12.2 Å². The summed E-state index contributed by atoms with van der Waals surface area (Å²) in [5, 5.41) is 20.3. The summed E-state index contributed by atoms with van der Waals surface area (Å²) >= 11 is 0. The standard InChI is InChI=1S/C6H8N2O5/c1-3-5(7(9)10)13-6(4-2)8(11)12/h3-6H,1-2H2. The Bertz CT molecular complexity index is 215. The van der Waals surface area contributed by atoms with Crippen molar-refractivity contribution in [3.8, 4) is 0 Å². The van der Waals surface area contributed by atoms with Crippen molar-refractivity contribution in [3.63, 3.8) is 0 Å². The van der Waals surface area contributed by atoms with Crippen LogP contribution in [0.25, 0.3) is 0 Å². The molecule has 0 N–H and O–H groups in total. The molecule has 0 bridgehead atoms. The Morgan fingerprint density at radius 3 is 1.54 bits per heavy atom. The molecule has 72 valence electrons. The Kier molecular flexibility index (Phi) is 4.31. The third-order valence-corrected chi connectivity index (χ3v) is 1.10. The molecule has 0 rings (SSSR count). The zero-order chi connectivity index (χ0) is 10.4. The Labute approximate surface area is 73.6 Å². The molecule has 7 heteroatoms. The molecule has 0 radical (unpaired) electrons. The first kappa shape index (κ1) is 11.2. The van der Waals surface area contributed by atoms with Gasteiger partial charge in [-0.05, 0) is 0 Å². The SMILES string of the molecule is C=CC(OC(C=C)[N+](=O)[O-])[N+](=O)[O-]. The van der Waals surface area contributed by atoms with Crippen molar-refractivity contribution >= 4 is 0 Å². The molecule has 0 amide bonds. The fourth-order valence-corrected chi connectivity index (χ4v) is 0.525. The van der Waals surface area contributed by atoms with Gasteiger partial charge in [-0.25, -0.2) is 4.74 Å². The second-order valence-corrected chi connectivity index (χ2v) is 1.96. The first-order valence-corrected chi connectivity index (χ1v) is 3.20. The van der Waals surface area contributed by atoms with Gasteiger partial charge in [-0.1, -0.05) is 13.2 Å². The van der Waals surface area contributed by atoms with Gasteiger partial charge in [-0.2, -0.15) is 0 Å². The minimum absolute atomic E-state index is 0.826. The van der Waals surface area contributed by atoms with Gasteiger partial charge in [-0.3, -0.25) is 20.2 Å². The molecule has 0 heterocycles. The smallest absolute Gasteiger partial charge is 0.262 e. The van der Waals surface area contributed by atoms with Crippen LogP contribution in [0.2, 0.25) is 0 Å². The number of rotatable bonds is 6. The molecule has 2 unspecified atom stereocenters. The topological polar surface area (TPSA) is 95.5 Å². The van der Waals surface area contributed by atoms with Crippen molar-refractivity contribution in [2.24, 2.45) is 0 Å². The van der Waals surface area contributed by atoms with Crippen LogP contribution >= 0.6 is 0 Å². The summed E-state index contributed by atoms with van der Waals surface area (Å²) in [5.41, 5.74) is 0. The summed E-state index contributed by atoms with van der Waals surface area (Å²) in [6.45, 7) is 6.21. The molecule has 2 atom stereocenters. The lowest BCUT2D eigenvalue weighted by molar-refractivity contribution is -0.628. The number of hydrogen-bond donors (Lipinski definition) is 0. The van der Waals surface area contributed by atoms with Gasteiger partial charge in [0.1, 0.15) is 0 Å². The Hall–Kier alpha value is -1.76. The van der Waals surface area contributed by atoms with E-state index in [0.717, 1.165) is 12.2 Å². The molecule has 0 aromatic carbocycles. The third-order valence-electron chi connectivity index (χ3n) is 1.10. The molecule has 0 saturated heterocycles. The summed E-state index contributed by atoms with van der Waals surface area (Å²) in [6.07, 6.45) is -1.46. The normalized spacial score (nSPS) is 14.2. The van der Waals surface area contributed by atoms with Crippen LogP contribution in [0.1, 0.15) is 0 Å². The molecular formula is C6H8N2O5. The molecule has 0 aliphatic rings. The third kappa shape index (κ3) is 3.43.